The molecule has 5 aliphatic rings. The minimum atomic E-state index is -2.27. The van der Waals surface area contributed by atoms with E-state index in [1.165, 1.54) is 131 Å². The molecule has 0 atom stereocenters. The number of aryl methyl sites for hydroxylation is 7. The minimum Gasteiger partial charge on any atom is -0.417 e. The molecule has 0 fully saturated rings. The van der Waals surface area contributed by atoms with Crippen molar-refractivity contribution in [3.8, 4) is 62.6 Å². The van der Waals surface area contributed by atoms with Crippen LogP contribution < -0.4 is 22.8 Å². The SMILES string of the molecule is C[n+]1c2n(c3c4ccncc4n(-c4ccccc4)c31)Cc1cnccc1-2.C[n+]1c2n(c3c4ccncc4oc31)Cc1cnccc1-2.C[n+]1c2n(c3c4ccncc4sc31)Cc1cnccc1-2.Cn1c2cnccc2c2c1[n+](C)c1n2Cc2cnccc2-1.[2H]C([2H])([2H])n1c2cnccc2c2c1[n+](C)c1n2Cc2cnccc2-1. The molecule has 0 amide bonds. The van der Waals surface area contributed by atoms with Crippen molar-refractivity contribution in [1.82, 2.24) is 86.4 Å². The number of hydrogen-bond donors (Lipinski definition) is 0. The summed E-state index contributed by atoms with van der Waals surface area (Å²) >= 11 is 1.81. The first-order valence-electron chi connectivity index (χ1n) is 37.0. The van der Waals surface area contributed by atoms with Crippen molar-refractivity contribution in [1.29, 1.82) is 0 Å². The molecule has 0 unspecified atom stereocenters. The molecule has 0 saturated carbocycles. The van der Waals surface area contributed by atoms with Crippen molar-refractivity contribution >= 4 is 120 Å². The predicted octanol–water partition coefficient (Wildman–Crippen LogP) is 11.3. The van der Waals surface area contributed by atoms with Gasteiger partial charge in [0.2, 0.25) is 27.8 Å². The van der Waals surface area contributed by atoms with Crippen molar-refractivity contribution in [3.05, 3.63) is 243 Å². The smallest absolute Gasteiger partial charge is 0.339 e. The Morgan fingerprint density at radius 2 is 0.722 bits per heavy atom. The molecular formula is C83H66N23OS+5. The van der Waals surface area contributed by atoms with Crippen LogP contribution in [0.25, 0.3) is 171 Å². The summed E-state index contributed by atoms with van der Waals surface area (Å²) in [5, 5.41) is 5.78. The molecule has 520 valence electrons. The summed E-state index contributed by atoms with van der Waals surface area (Å²) in [4.78, 5) is 43.7. The average Bonchev–Trinajstić information content (AvgIpc) is 1.60. The first kappa shape index (κ1) is 58.6. The van der Waals surface area contributed by atoms with Crippen LogP contribution in [0.2, 0.25) is 0 Å². The molecule has 0 radical (unpaired) electrons. The Labute approximate surface area is 622 Å². The maximum absolute atomic E-state index is 7.99. The molecule has 20 aromatic heterocycles. The number of fused-ring (bicyclic) bond motifs is 35. The Bertz CT molecular complexity index is 7380. The van der Waals surface area contributed by atoms with Gasteiger partial charge in [0.05, 0.1) is 152 Å². The molecule has 108 heavy (non-hydrogen) atoms. The summed E-state index contributed by atoms with van der Waals surface area (Å²) in [6, 6.07) is 31.1. The van der Waals surface area contributed by atoms with Crippen LogP contribution in [0.1, 0.15) is 31.9 Å². The number of hydrogen-bond acceptors (Lipinski definition) is 12. The summed E-state index contributed by atoms with van der Waals surface area (Å²) < 4.78 is 59.7. The van der Waals surface area contributed by atoms with E-state index in [0.717, 1.165) is 87.4 Å². The average molecular weight is 1440 g/mol. The number of para-hydroxylation sites is 1. The molecular weight excluding hydrogens is 1370 g/mol. The number of aromatic nitrogens is 23. The van der Waals surface area contributed by atoms with Gasteiger partial charge >= 0.3 is 5.71 Å². The Balaban J connectivity index is 0.0000000856. The van der Waals surface area contributed by atoms with Gasteiger partial charge < -0.3 is 4.42 Å². The first-order chi connectivity index (χ1) is 54.3. The predicted molar refractivity (Wildman–Crippen MR) is 411 cm³/mol. The highest BCUT2D eigenvalue weighted by atomic mass is 32.1. The largest absolute Gasteiger partial charge is 0.417 e. The molecule has 25 heteroatoms. The second-order valence-corrected chi connectivity index (χ2v) is 29.1. The van der Waals surface area contributed by atoms with Gasteiger partial charge in [0.15, 0.2) is 27.6 Å². The van der Waals surface area contributed by atoms with Crippen molar-refractivity contribution < 1.29 is 31.4 Å². The zero-order valence-corrected chi connectivity index (χ0v) is 60.2. The number of nitrogens with zero attached hydrogens (tertiary/aromatic N) is 23. The fourth-order valence-electron chi connectivity index (χ4n) is 18.0. The van der Waals surface area contributed by atoms with E-state index >= 15 is 0 Å². The molecule has 24 nitrogen and oxygen atoms in total. The maximum Gasteiger partial charge on any atom is 0.339 e. The number of benzene rings is 1. The minimum absolute atomic E-state index is 0.627. The number of imidazole rings is 5. The van der Waals surface area contributed by atoms with E-state index in [9.17, 15) is 0 Å². The second kappa shape index (κ2) is 23.1. The van der Waals surface area contributed by atoms with E-state index in [1.807, 2.05) is 147 Å². The van der Waals surface area contributed by atoms with Crippen molar-refractivity contribution in [2.24, 2.45) is 49.3 Å². The molecule has 21 aromatic rings. The lowest BCUT2D eigenvalue weighted by atomic mass is 10.2. The quantitative estimate of drug-likeness (QED) is 0.142. The third-order valence-electron chi connectivity index (χ3n) is 22.4. The topological polar surface area (TPSA) is 201 Å². The van der Waals surface area contributed by atoms with E-state index in [0.29, 0.717) is 17.7 Å². The Morgan fingerprint density at radius 1 is 0.352 bits per heavy atom. The second-order valence-electron chi connectivity index (χ2n) is 28.0. The van der Waals surface area contributed by atoms with Gasteiger partial charge in [-0.1, -0.05) is 29.5 Å². The molecule has 0 bridgehead atoms. The van der Waals surface area contributed by atoms with Gasteiger partial charge in [0.1, 0.15) is 35.3 Å². The highest BCUT2D eigenvalue weighted by Crippen LogP contribution is 2.44. The normalized spacial score (nSPS) is 13.5. The summed E-state index contributed by atoms with van der Waals surface area (Å²) in [5.74, 6) is 5.95. The highest BCUT2D eigenvalue weighted by molar-refractivity contribution is 7.25. The molecule has 25 heterocycles. The van der Waals surface area contributed by atoms with Gasteiger partial charge in [-0.2, -0.15) is 4.57 Å². The van der Waals surface area contributed by atoms with Gasteiger partial charge in [0.25, 0.3) is 28.6 Å². The third-order valence-corrected chi connectivity index (χ3v) is 23.6. The van der Waals surface area contributed by atoms with Crippen LogP contribution in [0.15, 0.2) is 219 Å². The monoisotopic (exact) mass is 1440 g/mol. The lowest BCUT2D eigenvalue weighted by molar-refractivity contribution is -0.640. The summed E-state index contributed by atoms with van der Waals surface area (Å²) in [6.45, 7) is 1.91. The van der Waals surface area contributed by atoms with Crippen LogP contribution in [0.4, 0.5) is 0 Å². The van der Waals surface area contributed by atoms with Crippen LogP contribution >= 0.6 is 11.3 Å². The molecule has 26 rings (SSSR count). The standard InChI is InChI=1S/C21H16N5.2C16H14N5.C15H11N4O.C15H11N4S/c1-24-20-16-7-9-22-11-14(16)13-25(20)19-17-8-10-23-12-18(17)26(21(19)24)15-5-3-2-4-6-15;2*1-19-13-8-18-6-4-12(13)14-16(19)20(2)15-11-3-5-17-7-10(11)9-21(14)15;2*1-18-14-10-2-4-16-6-9(10)8-19(14)13-11-3-5-17-7-12(11)20-15(13)18/h2-12H,13H2,1H3;2*3-8H,9H2,1-2H3;2*2-7H,8H2,1H3/q5*+1/i;1D3;;;. The number of thiophene rings is 1. The summed E-state index contributed by atoms with van der Waals surface area (Å²) in [7, 11) is 12.5. The molecule has 0 spiro atoms. The zero-order valence-electron chi connectivity index (χ0n) is 62.3. The number of rotatable bonds is 1. The van der Waals surface area contributed by atoms with Crippen LogP contribution in [-0.4, -0.2) is 86.4 Å². The van der Waals surface area contributed by atoms with Crippen molar-refractivity contribution in [3.63, 3.8) is 0 Å². The lowest BCUT2D eigenvalue weighted by Gasteiger charge is -2.03. The number of pyridine rings is 10. The van der Waals surface area contributed by atoms with E-state index < -0.39 is 6.98 Å². The van der Waals surface area contributed by atoms with Gasteiger partial charge in [-0.25, -0.2) is 45.7 Å². The van der Waals surface area contributed by atoms with Crippen LogP contribution in [0.3, 0.4) is 0 Å². The zero-order chi connectivity index (χ0) is 74.6. The van der Waals surface area contributed by atoms with E-state index in [4.69, 9.17) is 8.53 Å². The lowest BCUT2D eigenvalue weighted by Crippen LogP contribution is -2.31. The molecule has 0 saturated heterocycles. The molecule has 0 aliphatic carbocycles. The fourth-order valence-corrected chi connectivity index (χ4v) is 19.1. The Hall–Kier alpha value is -13.8. The van der Waals surface area contributed by atoms with Crippen molar-refractivity contribution in [2.45, 2.75) is 32.7 Å². The highest BCUT2D eigenvalue weighted by Gasteiger charge is 2.41. The Morgan fingerprint density at radius 3 is 1.23 bits per heavy atom. The molecule has 5 aliphatic heterocycles. The number of furan rings is 1. The van der Waals surface area contributed by atoms with E-state index in [2.05, 4.69) is 195 Å². The van der Waals surface area contributed by atoms with Gasteiger partial charge in [-0.05, 0) is 72.8 Å². The van der Waals surface area contributed by atoms with Crippen LogP contribution in [-0.2, 0) is 82.0 Å². The van der Waals surface area contributed by atoms with Gasteiger partial charge in [-0.15, -0.1) is 0 Å². The maximum atomic E-state index is 7.99. The van der Waals surface area contributed by atoms with Crippen molar-refractivity contribution in [2.75, 3.05) is 0 Å². The van der Waals surface area contributed by atoms with Gasteiger partial charge in [-0.3, -0.25) is 59.0 Å². The summed E-state index contributed by atoms with van der Waals surface area (Å²) in [6.07, 6.45) is 37.3. The molecule has 0 N–H and O–H groups in total. The Kier molecular flexibility index (Phi) is 12.5. The third kappa shape index (κ3) is 8.51. The summed E-state index contributed by atoms with van der Waals surface area (Å²) in [5.41, 5.74) is 27.3. The van der Waals surface area contributed by atoms with Crippen LogP contribution in [0, 0.1) is 0 Å². The molecule has 1 aromatic carbocycles. The first-order valence-corrected chi connectivity index (χ1v) is 36.4. The van der Waals surface area contributed by atoms with E-state index in [-0.39, 0.29) is 0 Å². The van der Waals surface area contributed by atoms with E-state index in [1.54, 1.807) is 31.0 Å². The fraction of sp³-hybridized carbons (Fsp3) is 0.145. The van der Waals surface area contributed by atoms with Gasteiger partial charge in [0, 0.05) is 132 Å². The van der Waals surface area contributed by atoms with Crippen LogP contribution in [0.5, 0.6) is 0 Å².